The van der Waals surface area contributed by atoms with Crippen LogP contribution in [0.2, 0.25) is 0 Å². The minimum Gasteiger partial charge on any atom is -0.497 e. The normalized spacial score (nSPS) is 36.9. The number of hydrogen-bond donors (Lipinski definition) is 1. The standard InChI is InChI=1S/C19H27NO/c1-21-18-4-2-3-14(10-18)5-6-20-19-11-15-7-16(12-19)9-17(8-15)13-19/h2-4,10,15-17,20H,5-9,11-13H2,1H3. The third kappa shape index (κ3) is 2.70. The molecule has 2 heteroatoms. The Morgan fingerprint density at radius 3 is 2.38 bits per heavy atom. The van der Waals surface area contributed by atoms with Crippen LogP contribution in [0, 0.1) is 17.8 Å². The van der Waals surface area contributed by atoms with Gasteiger partial charge < -0.3 is 10.1 Å². The van der Waals surface area contributed by atoms with Crippen molar-refractivity contribution in [1.29, 1.82) is 0 Å². The highest BCUT2D eigenvalue weighted by atomic mass is 16.5. The van der Waals surface area contributed by atoms with E-state index in [1.807, 2.05) is 6.07 Å². The van der Waals surface area contributed by atoms with Gasteiger partial charge in [0.25, 0.3) is 0 Å². The van der Waals surface area contributed by atoms with Crippen LogP contribution in [-0.2, 0) is 6.42 Å². The van der Waals surface area contributed by atoms with Gasteiger partial charge in [-0.2, -0.15) is 0 Å². The van der Waals surface area contributed by atoms with E-state index in [1.165, 1.54) is 44.1 Å². The molecule has 1 aromatic rings. The maximum atomic E-state index is 5.31. The van der Waals surface area contributed by atoms with Crippen molar-refractivity contribution in [2.75, 3.05) is 13.7 Å². The number of methoxy groups -OCH3 is 1. The topological polar surface area (TPSA) is 21.3 Å². The first-order chi connectivity index (χ1) is 10.2. The van der Waals surface area contributed by atoms with E-state index >= 15 is 0 Å². The van der Waals surface area contributed by atoms with E-state index in [4.69, 9.17) is 4.74 Å². The zero-order valence-electron chi connectivity index (χ0n) is 13.1. The van der Waals surface area contributed by atoms with Crippen LogP contribution in [0.15, 0.2) is 24.3 Å². The average Bonchev–Trinajstić information content (AvgIpc) is 2.46. The Labute approximate surface area is 128 Å². The highest BCUT2D eigenvalue weighted by molar-refractivity contribution is 5.28. The summed E-state index contributed by atoms with van der Waals surface area (Å²) in [6, 6.07) is 8.50. The second-order valence-corrected chi connectivity index (χ2v) is 7.73. The minimum atomic E-state index is 0.494. The molecular weight excluding hydrogens is 258 g/mol. The largest absolute Gasteiger partial charge is 0.497 e. The monoisotopic (exact) mass is 285 g/mol. The van der Waals surface area contributed by atoms with Gasteiger partial charge in [-0.3, -0.25) is 0 Å². The zero-order valence-corrected chi connectivity index (χ0v) is 13.1. The number of hydrogen-bond acceptors (Lipinski definition) is 2. The fraction of sp³-hybridized carbons (Fsp3) is 0.684. The Bertz CT molecular complexity index is 475. The molecule has 114 valence electrons. The van der Waals surface area contributed by atoms with Crippen LogP contribution in [0.3, 0.4) is 0 Å². The SMILES string of the molecule is COc1cccc(CCNC23CC4CC(CC(C4)C2)C3)c1. The van der Waals surface area contributed by atoms with E-state index in [-0.39, 0.29) is 0 Å². The Kier molecular flexibility index (Phi) is 3.45. The van der Waals surface area contributed by atoms with E-state index < -0.39 is 0 Å². The Balaban J connectivity index is 1.36. The summed E-state index contributed by atoms with van der Waals surface area (Å²) in [6.45, 7) is 1.11. The van der Waals surface area contributed by atoms with Crippen molar-refractivity contribution < 1.29 is 4.74 Å². The minimum absolute atomic E-state index is 0.494. The van der Waals surface area contributed by atoms with Crippen LogP contribution in [0.5, 0.6) is 5.75 Å². The molecule has 4 aliphatic rings. The summed E-state index contributed by atoms with van der Waals surface area (Å²) in [7, 11) is 1.74. The van der Waals surface area contributed by atoms with Gasteiger partial charge in [0.1, 0.15) is 5.75 Å². The van der Waals surface area contributed by atoms with Crippen LogP contribution in [0.4, 0.5) is 0 Å². The zero-order chi connectivity index (χ0) is 14.3. The van der Waals surface area contributed by atoms with E-state index in [0.29, 0.717) is 5.54 Å². The molecule has 0 aromatic heterocycles. The summed E-state index contributed by atoms with van der Waals surface area (Å²) in [5.41, 5.74) is 1.87. The Hall–Kier alpha value is -1.02. The molecule has 0 aliphatic heterocycles. The first-order valence-corrected chi connectivity index (χ1v) is 8.63. The van der Waals surface area contributed by atoms with E-state index in [2.05, 4.69) is 23.5 Å². The molecule has 0 spiro atoms. The van der Waals surface area contributed by atoms with Crippen LogP contribution in [-0.4, -0.2) is 19.2 Å². The first kappa shape index (κ1) is 13.6. The highest BCUT2D eigenvalue weighted by Gasteiger charge is 2.50. The van der Waals surface area contributed by atoms with Gasteiger partial charge in [-0.05, 0) is 86.9 Å². The van der Waals surface area contributed by atoms with Crippen LogP contribution < -0.4 is 10.1 Å². The summed E-state index contributed by atoms with van der Waals surface area (Å²) in [5.74, 6) is 4.06. The first-order valence-electron chi connectivity index (χ1n) is 8.63. The third-order valence-electron chi connectivity index (χ3n) is 6.09. The summed E-state index contributed by atoms with van der Waals surface area (Å²) in [6.07, 6.45) is 10.0. The second kappa shape index (κ2) is 5.31. The molecule has 0 amide bonds. The van der Waals surface area contributed by atoms with Gasteiger partial charge in [0.2, 0.25) is 0 Å². The third-order valence-corrected chi connectivity index (χ3v) is 6.09. The van der Waals surface area contributed by atoms with Gasteiger partial charge >= 0.3 is 0 Å². The highest BCUT2D eigenvalue weighted by Crippen LogP contribution is 2.55. The average molecular weight is 285 g/mol. The molecular formula is C19H27NO. The van der Waals surface area contributed by atoms with E-state index in [1.54, 1.807) is 7.11 Å². The molecule has 5 rings (SSSR count). The summed E-state index contributed by atoms with van der Waals surface area (Å²) in [5, 5.41) is 3.97. The van der Waals surface area contributed by atoms with Gasteiger partial charge in [-0.25, -0.2) is 0 Å². The van der Waals surface area contributed by atoms with E-state index in [9.17, 15) is 0 Å². The van der Waals surface area contributed by atoms with E-state index in [0.717, 1.165) is 36.5 Å². The van der Waals surface area contributed by atoms with Gasteiger partial charge in [0, 0.05) is 5.54 Å². The molecule has 2 nitrogen and oxygen atoms in total. The van der Waals surface area contributed by atoms with Crippen molar-refractivity contribution >= 4 is 0 Å². The number of benzene rings is 1. The van der Waals surface area contributed by atoms with Crippen LogP contribution in [0.25, 0.3) is 0 Å². The molecule has 0 unspecified atom stereocenters. The molecule has 0 saturated heterocycles. The van der Waals surface area contributed by atoms with Crippen molar-refractivity contribution in [3.63, 3.8) is 0 Å². The van der Waals surface area contributed by atoms with Gasteiger partial charge in [-0.1, -0.05) is 12.1 Å². The molecule has 4 fully saturated rings. The smallest absolute Gasteiger partial charge is 0.119 e. The predicted molar refractivity (Wildman–Crippen MR) is 85.6 cm³/mol. The lowest BCUT2D eigenvalue weighted by atomic mass is 9.53. The fourth-order valence-electron chi connectivity index (χ4n) is 5.63. The maximum absolute atomic E-state index is 5.31. The molecule has 0 atom stereocenters. The summed E-state index contributed by atoms with van der Waals surface area (Å²) in [4.78, 5) is 0. The van der Waals surface area contributed by atoms with Gasteiger partial charge in [0.05, 0.1) is 7.11 Å². The lowest BCUT2D eigenvalue weighted by Crippen LogP contribution is -2.58. The molecule has 0 radical (unpaired) electrons. The second-order valence-electron chi connectivity index (χ2n) is 7.73. The molecule has 4 saturated carbocycles. The van der Waals surface area contributed by atoms with Crippen molar-refractivity contribution in [1.82, 2.24) is 5.32 Å². The lowest BCUT2D eigenvalue weighted by molar-refractivity contribution is -0.0192. The number of rotatable bonds is 5. The van der Waals surface area contributed by atoms with Crippen molar-refractivity contribution in [2.24, 2.45) is 17.8 Å². The molecule has 0 heterocycles. The van der Waals surface area contributed by atoms with Crippen molar-refractivity contribution in [3.05, 3.63) is 29.8 Å². The molecule has 4 aliphatic carbocycles. The summed E-state index contributed by atoms with van der Waals surface area (Å²) >= 11 is 0. The predicted octanol–water partition coefficient (Wildman–Crippen LogP) is 3.80. The van der Waals surface area contributed by atoms with Gasteiger partial charge in [0.15, 0.2) is 0 Å². The number of nitrogens with one attached hydrogen (secondary N) is 1. The molecule has 4 bridgehead atoms. The summed E-state index contributed by atoms with van der Waals surface area (Å²) < 4.78 is 5.31. The lowest BCUT2D eigenvalue weighted by Gasteiger charge is -2.57. The quantitative estimate of drug-likeness (QED) is 0.888. The Morgan fingerprint density at radius 2 is 1.76 bits per heavy atom. The molecule has 1 aromatic carbocycles. The van der Waals surface area contributed by atoms with Crippen LogP contribution in [0.1, 0.15) is 44.1 Å². The van der Waals surface area contributed by atoms with Crippen molar-refractivity contribution in [2.45, 2.75) is 50.5 Å². The molecule has 1 N–H and O–H groups in total. The number of ether oxygens (including phenoxy) is 1. The molecule has 21 heavy (non-hydrogen) atoms. The van der Waals surface area contributed by atoms with Gasteiger partial charge in [-0.15, -0.1) is 0 Å². The maximum Gasteiger partial charge on any atom is 0.119 e. The van der Waals surface area contributed by atoms with Crippen LogP contribution >= 0.6 is 0 Å². The van der Waals surface area contributed by atoms with Crippen molar-refractivity contribution in [3.8, 4) is 5.75 Å². The Morgan fingerprint density at radius 1 is 1.10 bits per heavy atom. The fourth-order valence-corrected chi connectivity index (χ4v) is 5.63.